The minimum Gasteiger partial charge on any atom is -0.369 e. The highest BCUT2D eigenvalue weighted by Crippen LogP contribution is 2.33. The number of benzene rings is 3. The molecule has 1 aliphatic rings. The lowest BCUT2D eigenvalue weighted by Crippen LogP contribution is -2.44. The van der Waals surface area contributed by atoms with E-state index in [2.05, 4.69) is 39.3 Å². The van der Waals surface area contributed by atoms with Crippen molar-refractivity contribution in [2.45, 2.75) is 6.92 Å². The number of hydrogen-bond acceptors (Lipinski definition) is 7. The molecule has 3 aromatic carbocycles. The summed E-state index contributed by atoms with van der Waals surface area (Å²) in [6, 6.07) is 20.9. The molecule has 2 aromatic heterocycles. The van der Waals surface area contributed by atoms with E-state index in [9.17, 15) is 4.79 Å². The highest BCUT2D eigenvalue weighted by atomic mass is 35.5. The van der Waals surface area contributed by atoms with Crippen LogP contribution in [0.3, 0.4) is 0 Å². The van der Waals surface area contributed by atoms with Crippen LogP contribution < -0.4 is 15.8 Å². The van der Waals surface area contributed by atoms with Crippen molar-refractivity contribution in [2.24, 2.45) is 0 Å². The number of likely N-dealkylation sites (N-methyl/N-ethyl adjacent to an activating group) is 1. The lowest BCUT2D eigenvalue weighted by Gasteiger charge is -2.34. The second-order valence-corrected chi connectivity index (χ2v) is 10.7. The first-order chi connectivity index (χ1) is 19.4. The maximum atomic E-state index is 13.6. The normalized spacial score (nSPS) is 14.1. The van der Waals surface area contributed by atoms with E-state index in [1.807, 2.05) is 43.3 Å². The summed E-state index contributed by atoms with van der Waals surface area (Å²) in [6.07, 6.45) is 1.54. The number of para-hydroxylation sites is 1. The Labute approximate surface area is 241 Å². The molecule has 8 nitrogen and oxygen atoms in total. The van der Waals surface area contributed by atoms with Crippen LogP contribution in [0.4, 0.5) is 17.3 Å². The van der Waals surface area contributed by atoms with Crippen LogP contribution in [0, 0.1) is 6.92 Å². The molecule has 1 fully saturated rings. The highest BCUT2D eigenvalue weighted by Gasteiger charge is 2.19. The molecule has 0 bridgehead atoms. The fourth-order valence-electron chi connectivity index (χ4n) is 4.86. The molecule has 5 aromatic rings. The number of anilines is 3. The van der Waals surface area contributed by atoms with Crippen molar-refractivity contribution >= 4 is 51.4 Å². The Balaban J connectivity index is 1.41. The van der Waals surface area contributed by atoms with Crippen molar-refractivity contribution in [3.8, 4) is 16.9 Å². The van der Waals surface area contributed by atoms with Crippen molar-refractivity contribution < 1.29 is 0 Å². The van der Waals surface area contributed by atoms with Crippen LogP contribution in [-0.4, -0.2) is 57.9 Å². The number of piperazine rings is 1. The SMILES string of the molecule is Cc1ccccc1-n1nc(-c2ccc(Cl)cc2Cl)c2nc(Nc3ccc(N4CCN(C)CC4)cc3)ncc2c1=O. The summed E-state index contributed by atoms with van der Waals surface area (Å²) in [5.74, 6) is 0.348. The number of aryl methyl sites for hydroxylation is 1. The van der Waals surface area contributed by atoms with Gasteiger partial charge in [-0.2, -0.15) is 9.78 Å². The topological polar surface area (TPSA) is 79.2 Å². The quantitative estimate of drug-likeness (QED) is 0.279. The first kappa shape index (κ1) is 26.3. The maximum Gasteiger partial charge on any atom is 0.282 e. The Hall–Kier alpha value is -3.98. The van der Waals surface area contributed by atoms with Gasteiger partial charge < -0.3 is 15.1 Å². The van der Waals surface area contributed by atoms with E-state index in [-0.39, 0.29) is 5.56 Å². The van der Waals surface area contributed by atoms with E-state index in [1.54, 1.807) is 18.2 Å². The van der Waals surface area contributed by atoms with Gasteiger partial charge >= 0.3 is 0 Å². The van der Waals surface area contributed by atoms with Crippen LogP contribution >= 0.6 is 23.2 Å². The van der Waals surface area contributed by atoms with Gasteiger partial charge in [0.25, 0.3) is 5.56 Å². The Morgan fingerprint density at radius 2 is 1.68 bits per heavy atom. The van der Waals surface area contributed by atoms with Gasteiger partial charge in [0.15, 0.2) is 0 Å². The first-order valence-corrected chi connectivity index (χ1v) is 13.7. The van der Waals surface area contributed by atoms with E-state index < -0.39 is 0 Å². The van der Waals surface area contributed by atoms with Crippen molar-refractivity contribution in [1.29, 1.82) is 0 Å². The molecular formula is C30H27Cl2N7O. The van der Waals surface area contributed by atoms with Gasteiger partial charge in [-0.1, -0.05) is 41.4 Å². The van der Waals surface area contributed by atoms with E-state index >= 15 is 0 Å². The predicted molar refractivity (Wildman–Crippen MR) is 163 cm³/mol. The van der Waals surface area contributed by atoms with Crippen LogP contribution in [-0.2, 0) is 0 Å². The summed E-state index contributed by atoms with van der Waals surface area (Å²) in [6.45, 7) is 6.02. The number of hydrogen-bond donors (Lipinski definition) is 1. The molecule has 1 N–H and O–H groups in total. The van der Waals surface area contributed by atoms with Crippen LogP contribution in [0.5, 0.6) is 0 Å². The molecule has 202 valence electrons. The second kappa shape index (κ2) is 10.9. The van der Waals surface area contributed by atoms with E-state index in [4.69, 9.17) is 33.3 Å². The van der Waals surface area contributed by atoms with Crippen molar-refractivity contribution in [3.05, 3.63) is 98.9 Å². The fourth-order valence-corrected chi connectivity index (χ4v) is 5.36. The molecule has 0 spiro atoms. The molecule has 0 unspecified atom stereocenters. The molecule has 0 amide bonds. The predicted octanol–water partition coefficient (Wildman–Crippen LogP) is 5.95. The average Bonchev–Trinajstić information content (AvgIpc) is 2.95. The third kappa shape index (κ3) is 5.13. The number of nitrogens with zero attached hydrogens (tertiary/aromatic N) is 6. The molecule has 0 radical (unpaired) electrons. The molecule has 0 aliphatic carbocycles. The van der Waals surface area contributed by atoms with Gasteiger partial charge in [0.2, 0.25) is 5.95 Å². The standard InChI is InChI=1S/C30H27Cl2N7O/c1-19-5-3-4-6-26(19)39-29(40)24-18-33-30(35-27(24)28(36-39)23-12-7-20(31)17-25(23)32)34-21-8-10-22(11-9-21)38-15-13-37(2)14-16-38/h3-12,17-18H,13-16H2,1-2H3,(H,33,34,35). The lowest BCUT2D eigenvalue weighted by molar-refractivity contribution is 0.313. The molecule has 1 aliphatic heterocycles. The minimum atomic E-state index is -0.318. The van der Waals surface area contributed by atoms with Gasteiger partial charge in [0.1, 0.15) is 11.2 Å². The number of halogens is 2. The molecule has 40 heavy (non-hydrogen) atoms. The Bertz CT molecular complexity index is 1760. The fraction of sp³-hybridized carbons (Fsp3) is 0.200. The Kier molecular flexibility index (Phi) is 7.14. The zero-order valence-electron chi connectivity index (χ0n) is 22.1. The monoisotopic (exact) mass is 571 g/mol. The Morgan fingerprint density at radius 3 is 2.40 bits per heavy atom. The van der Waals surface area contributed by atoms with Crippen molar-refractivity contribution in [2.75, 3.05) is 43.4 Å². The van der Waals surface area contributed by atoms with Gasteiger partial charge in [-0.15, -0.1) is 0 Å². The number of rotatable bonds is 5. The zero-order chi connectivity index (χ0) is 27.8. The number of fused-ring (bicyclic) bond motifs is 1. The van der Waals surface area contributed by atoms with Gasteiger partial charge in [0, 0.05) is 54.3 Å². The average molecular weight is 573 g/mol. The van der Waals surface area contributed by atoms with Crippen LogP contribution in [0.15, 0.2) is 77.7 Å². The van der Waals surface area contributed by atoms with Crippen LogP contribution in [0.1, 0.15) is 5.56 Å². The zero-order valence-corrected chi connectivity index (χ0v) is 23.6. The smallest absolute Gasteiger partial charge is 0.282 e. The summed E-state index contributed by atoms with van der Waals surface area (Å²) >= 11 is 12.8. The van der Waals surface area contributed by atoms with Crippen molar-refractivity contribution in [3.63, 3.8) is 0 Å². The Morgan fingerprint density at radius 1 is 0.925 bits per heavy atom. The maximum absolute atomic E-state index is 13.6. The molecule has 0 saturated carbocycles. The van der Waals surface area contributed by atoms with Crippen LogP contribution in [0.25, 0.3) is 27.8 Å². The summed E-state index contributed by atoms with van der Waals surface area (Å²) < 4.78 is 1.38. The first-order valence-electron chi connectivity index (χ1n) is 13.0. The number of aromatic nitrogens is 4. The molecule has 6 rings (SSSR count). The summed E-state index contributed by atoms with van der Waals surface area (Å²) in [5, 5.41) is 9.27. The number of nitrogens with one attached hydrogen (secondary N) is 1. The molecule has 3 heterocycles. The second-order valence-electron chi connectivity index (χ2n) is 9.89. The van der Waals surface area contributed by atoms with E-state index in [0.717, 1.165) is 37.4 Å². The minimum absolute atomic E-state index is 0.318. The van der Waals surface area contributed by atoms with Gasteiger partial charge in [0.05, 0.1) is 16.1 Å². The van der Waals surface area contributed by atoms with E-state index in [1.165, 1.54) is 16.6 Å². The van der Waals surface area contributed by atoms with Gasteiger partial charge in [-0.25, -0.2) is 9.97 Å². The summed E-state index contributed by atoms with van der Waals surface area (Å²) in [5.41, 5.74) is 4.73. The summed E-state index contributed by atoms with van der Waals surface area (Å²) in [4.78, 5) is 27.6. The van der Waals surface area contributed by atoms with Gasteiger partial charge in [-0.05, 0) is 68.1 Å². The van der Waals surface area contributed by atoms with E-state index in [0.29, 0.717) is 43.8 Å². The molecule has 10 heteroatoms. The van der Waals surface area contributed by atoms with Crippen LogP contribution in [0.2, 0.25) is 10.0 Å². The molecule has 1 saturated heterocycles. The highest BCUT2D eigenvalue weighted by molar-refractivity contribution is 6.36. The molecule has 0 atom stereocenters. The van der Waals surface area contributed by atoms with Crippen molar-refractivity contribution in [1.82, 2.24) is 24.6 Å². The lowest BCUT2D eigenvalue weighted by atomic mass is 10.1. The molecular weight excluding hydrogens is 545 g/mol. The largest absolute Gasteiger partial charge is 0.369 e. The third-order valence-corrected chi connectivity index (χ3v) is 7.71. The third-order valence-electron chi connectivity index (χ3n) is 7.16. The summed E-state index contributed by atoms with van der Waals surface area (Å²) in [7, 11) is 2.15. The van der Waals surface area contributed by atoms with Gasteiger partial charge in [-0.3, -0.25) is 4.79 Å².